The lowest BCUT2D eigenvalue weighted by Crippen LogP contribution is -1.96. The van der Waals surface area contributed by atoms with Gasteiger partial charge in [-0.2, -0.15) is 14.9 Å². The number of hydrogen-bond acceptors (Lipinski definition) is 6. The zero-order chi connectivity index (χ0) is 16.2. The van der Waals surface area contributed by atoms with Crippen molar-refractivity contribution in [2.45, 2.75) is 0 Å². The highest BCUT2D eigenvalue weighted by molar-refractivity contribution is 7.71. The predicted molar refractivity (Wildman–Crippen MR) is 88.3 cm³/mol. The number of pyridine rings is 1. The first-order valence-corrected chi connectivity index (χ1v) is 7.09. The van der Waals surface area contributed by atoms with Crippen LogP contribution >= 0.6 is 12.2 Å². The van der Waals surface area contributed by atoms with Crippen LogP contribution in [0.5, 0.6) is 11.5 Å². The van der Waals surface area contributed by atoms with Gasteiger partial charge in [-0.15, -0.1) is 0 Å². The van der Waals surface area contributed by atoms with Gasteiger partial charge < -0.3 is 9.84 Å². The summed E-state index contributed by atoms with van der Waals surface area (Å²) in [6, 6.07) is 8.76. The Labute approximate surface area is 136 Å². The highest BCUT2D eigenvalue weighted by Gasteiger charge is 2.09. The number of nitrogens with one attached hydrogen (secondary N) is 1. The summed E-state index contributed by atoms with van der Waals surface area (Å²) in [5, 5.41) is 21.3. The van der Waals surface area contributed by atoms with Gasteiger partial charge in [0.2, 0.25) is 4.77 Å². The fraction of sp³-hybridized carbons (Fsp3) is 0.0667. The lowest BCUT2D eigenvalue weighted by atomic mass is 10.2. The van der Waals surface area contributed by atoms with Gasteiger partial charge in [-0.25, -0.2) is 5.10 Å². The van der Waals surface area contributed by atoms with Crippen molar-refractivity contribution in [2.75, 3.05) is 7.11 Å². The van der Waals surface area contributed by atoms with E-state index in [0.29, 0.717) is 21.9 Å². The van der Waals surface area contributed by atoms with Crippen molar-refractivity contribution in [1.29, 1.82) is 0 Å². The van der Waals surface area contributed by atoms with Crippen molar-refractivity contribution in [3.05, 3.63) is 53.1 Å². The van der Waals surface area contributed by atoms with Gasteiger partial charge in [0, 0.05) is 23.5 Å². The molecule has 7 nitrogen and oxygen atoms in total. The molecule has 3 aromatic rings. The Morgan fingerprint density at radius 1 is 1.30 bits per heavy atom. The molecule has 2 heterocycles. The number of hydrogen-bond donors (Lipinski definition) is 2. The van der Waals surface area contributed by atoms with Crippen LogP contribution in [0.25, 0.3) is 11.4 Å². The molecule has 116 valence electrons. The highest BCUT2D eigenvalue weighted by atomic mass is 32.1. The molecular weight excluding hydrogens is 314 g/mol. The molecule has 0 aliphatic heterocycles. The minimum absolute atomic E-state index is 0.0132. The van der Waals surface area contributed by atoms with Crippen LogP contribution in [0.4, 0.5) is 0 Å². The molecule has 0 atom stereocenters. The number of phenolic OH excluding ortho intramolecular Hbond substituents is 1. The van der Waals surface area contributed by atoms with Crippen LogP contribution in [0.15, 0.2) is 47.8 Å². The van der Waals surface area contributed by atoms with Crippen molar-refractivity contribution in [2.24, 2.45) is 5.10 Å². The Bertz CT molecular complexity index is 902. The van der Waals surface area contributed by atoms with Crippen molar-refractivity contribution >= 4 is 18.4 Å². The van der Waals surface area contributed by atoms with E-state index in [2.05, 4.69) is 20.3 Å². The number of nitrogens with zero attached hydrogens (tertiary/aromatic N) is 4. The number of methoxy groups -OCH3 is 1. The van der Waals surface area contributed by atoms with Crippen LogP contribution in [-0.2, 0) is 0 Å². The van der Waals surface area contributed by atoms with Gasteiger partial charge in [0.1, 0.15) is 0 Å². The molecule has 0 unspecified atom stereocenters. The van der Waals surface area contributed by atoms with E-state index in [4.69, 9.17) is 17.0 Å². The third kappa shape index (κ3) is 2.97. The smallest absolute Gasteiger partial charge is 0.216 e. The Morgan fingerprint density at radius 2 is 2.09 bits per heavy atom. The molecule has 0 spiro atoms. The second-order valence-electron chi connectivity index (χ2n) is 4.54. The van der Waals surface area contributed by atoms with Crippen molar-refractivity contribution < 1.29 is 9.84 Å². The van der Waals surface area contributed by atoms with Crippen LogP contribution in [0, 0.1) is 4.77 Å². The monoisotopic (exact) mass is 327 g/mol. The lowest BCUT2D eigenvalue weighted by molar-refractivity contribution is 0.373. The van der Waals surface area contributed by atoms with Crippen molar-refractivity contribution in [3.63, 3.8) is 0 Å². The number of aromatic amines is 1. The third-order valence-corrected chi connectivity index (χ3v) is 3.42. The maximum Gasteiger partial charge on any atom is 0.216 e. The average molecular weight is 327 g/mol. The van der Waals surface area contributed by atoms with E-state index in [0.717, 1.165) is 5.56 Å². The van der Waals surface area contributed by atoms with Crippen LogP contribution < -0.4 is 4.74 Å². The zero-order valence-corrected chi connectivity index (χ0v) is 13.0. The van der Waals surface area contributed by atoms with Crippen LogP contribution in [0.1, 0.15) is 5.56 Å². The second-order valence-corrected chi connectivity index (χ2v) is 4.93. The van der Waals surface area contributed by atoms with E-state index in [1.165, 1.54) is 18.0 Å². The third-order valence-electron chi connectivity index (χ3n) is 3.15. The van der Waals surface area contributed by atoms with Crippen LogP contribution in [-0.4, -0.2) is 38.3 Å². The molecule has 2 aromatic heterocycles. The van der Waals surface area contributed by atoms with E-state index in [-0.39, 0.29) is 5.75 Å². The van der Waals surface area contributed by atoms with Gasteiger partial charge in [0.25, 0.3) is 0 Å². The van der Waals surface area contributed by atoms with E-state index in [1.54, 1.807) is 42.7 Å². The summed E-state index contributed by atoms with van der Waals surface area (Å²) in [5.74, 6) is 0.939. The summed E-state index contributed by atoms with van der Waals surface area (Å²) in [4.78, 5) is 3.97. The first-order valence-electron chi connectivity index (χ1n) is 6.69. The summed E-state index contributed by atoms with van der Waals surface area (Å²) in [5.41, 5.74) is 1.33. The molecule has 3 rings (SSSR count). The number of benzene rings is 1. The number of rotatable bonds is 4. The van der Waals surface area contributed by atoms with Gasteiger partial charge in [0.05, 0.1) is 13.3 Å². The molecule has 0 aliphatic rings. The topological polar surface area (TPSA) is 88.3 Å². The maximum absolute atomic E-state index is 10.1. The standard InChI is InChI=1S/C15H13N5O2S/c1-22-12-4-2-3-11(13(12)21)9-17-20-14(18-19-15(20)23)10-5-7-16-8-6-10/h2-9,21H,1H3,(H,19,23)/b17-9+. The molecule has 0 fully saturated rings. The number of phenols is 1. The molecule has 8 heteroatoms. The molecule has 0 bridgehead atoms. The molecule has 0 saturated carbocycles. The summed E-state index contributed by atoms with van der Waals surface area (Å²) >= 11 is 5.20. The summed E-state index contributed by atoms with van der Waals surface area (Å²) in [6.45, 7) is 0. The molecule has 0 amide bonds. The lowest BCUT2D eigenvalue weighted by Gasteiger charge is -2.05. The van der Waals surface area contributed by atoms with Gasteiger partial charge in [-0.3, -0.25) is 4.98 Å². The normalized spacial score (nSPS) is 11.0. The van der Waals surface area contributed by atoms with Gasteiger partial charge in [-0.1, -0.05) is 6.07 Å². The SMILES string of the molecule is COc1cccc(/C=N/n2c(-c3ccncc3)n[nH]c2=S)c1O. The minimum Gasteiger partial charge on any atom is -0.504 e. The van der Waals surface area contributed by atoms with Crippen LogP contribution in [0.3, 0.4) is 0 Å². The molecule has 0 saturated heterocycles. The summed E-state index contributed by atoms with van der Waals surface area (Å²) in [6.07, 6.45) is 4.82. The number of H-pyrrole nitrogens is 1. The Kier molecular flexibility index (Phi) is 4.15. The van der Waals surface area contributed by atoms with Crippen molar-refractivity contribution in [3.8, 4) is 22.9 Å². The van der Waals surface area contributed by atoms with E-state index in [9.17, 15) is 5.11 Å². The van der Waals surface area contributed by atoms with Gasteiger partial charge in [-0.05, 0) is 36.5 Å². The van der Waals surface area contributed by atoms with E-state index in [1.807, 2.05) is 0 Å². The first kappa shape index (κ1) is 14.9. The minimum atomic E-state index is 0.0132. The van der Waals surface area contributed by atoms with Crippen LogP contribution in [0.2, 0.25) is 0 Å². The van der Waals surface area contributed by atoms with Gasteiger partial charge >= 0.3 is 0 Å². The highest BCUT2D eigenvalue weighted by Crippen LogP contribution is 2.28. The number of para-hydroxylation sites is 1. The number of aromatic nitrogens is 4. The molecule has 2 N–H and O–H groups in total. The molecule has 0 radical (unpaired) electrons. The number of aromatic hydroxyl groups is 1. The second kappa shape index (κ2) is 6.41. The fourth-order valence-electron chi connectivity index (χ4n) is 2.01. The fourth-order valence-corrected chi connectivity index (χ4v) is 2.19. The first-order chi connectivity index (χ1) is 11.2. The predicted octanol–water partition coefficient (Wildman–Crippen LogP) is 2.60. The molecule has 1 aromatic carbocycles. The van der Waals surface area contributed by atoms with E-state index >= 15 is 0 Å². The summed E-state index contributed by atoms with van der Waals surface area (Å²) < 4.78 is 6.89. The molecular formula is C15H13N5O2S. The number of ether oxygens (including phenoxy) is 1. The Balaban J connectivity index is 2.01. The van der Waals surface area contributed by atoms with Gasteiger partial charge in [0.15, 0.2) is 17.3 Å². The Hall–Kier alpha value is -3.00. The molecule has 0 aliphatic carbocycles. The zero-order valence-electron chi connectivity index (χ0n) is 12.2. The molecule has 23 heavy (non-hydrogen) atoms. The average Bonchev–Trinajstić information content (AvgIpc) is 2.95. The quantitative estimate of drug-likeness (QED) is 0.568. The summed E-state index contributed by atoms with van der Waals surface area (Å²) in [7, 11) is 1.49. The van der Waals surface area contributed by atoms with E-state index < -0.39 is 0 Å². The van der Waals surface area contributed by atoms with Crippen molar-refractivity contribution in [1.82, 2.24) is 19.9 Å². The Morgan fingerprint density at radius 3 is 2.83 bits per heavy atom. The largest absolute Gasteiger partial charge is 0.504 e. The maximum atomic E-state index is 10.1.